The molecule has 1 unspecified atom stereocenters. The second-order valence-corrected chi connectivity index (χ2v) is 7.74. The second-order valence-electron chi connectivity index (χ2n) is 7.74. The Kier molecular flexibility index (Phi) is 5.30. The molecule has 0 aliphatic heterocycles. The Balaban J connectivity index is 2.01. The summed E-state index contributed by atoms with van der Waals surface area (Å²) in [4.78, 5) is 0. The molecule has 3 aromatic rings. The highest BCUT2D eigenvalue weighted by molar-refractivity contribution is 5.61. The minimum absolute atomic E-state index is 0.268. The lowest BCUT2D eigenvalue weighted by Gasteiger charge is -2.38. The molecule has 0 nitrogen and oxygen atoms in total. The van der Waals surface area contributed by atoms with E-state index in [1.54, 1.807) is 0 Å². The Morgan fingerprint density at radius 3 is 1.54 bits per heavy atom. The first-order valence-corrected chi connectivity index (χ1v) is 10.3. The molecule has 0 radical (unpaired) electrons. The molecular weight excluding hydrogens is 336 g/mol. The zero-order valence-electron chi connectivity index (χ0n) is 16.8. The molecule has 0 fully saturated rings. The lowest BCUT2D eigenvalue weighted by Crippen LogP contribution is -2.31. The average Bonchev–Trinajstić information content (AvgIpc) is 3.26. The fraction of sp³-hybridized carbons (Fsp3) is 0.214. The lowest BCUT2D eigenvalue weighted by atomic mass is 9.64. The average molecular weight is 365 g/mol. The fourth-order valence-electron chi connectivity index (χ4n) is 4.51. The van der Waals surface area contributed by atoms with Crippen LogP contribution in [0.15, 0.2) is 114 Å². The highest BCUT2D eigenvalue weighted by Crippen LogP contribution is 2.49. The molecule has 1 atom stereocenters. The smallest absolute Gasteiger partial charge is 0.0667 e. The zero-order chi connectivity index (χ0) is 19.4. The van der Waals surface area contributed by atoms with Crippen LogP contribution in [0.1, 0.15) is 43.4 Å². The van der Waals surface area contributed by atoms with E-state index in [0.29, 0.717) is 5.92 Å². The van der Waals surface area contributed by atoms with Crippen molar-refractivity contribution in [2.75, 3.05) is 0 Å². The van der Waals surface area contributed by atoms with Crippen molar-refractivity contribution in [1.29, 1.82) is 0 Å². The Morgan fingerprint density at radius 2 is 1.14 bits per heavy atom. The van der Waals surface area contributed by atoms with E-state index in [9.17, 15) is 0 Å². The predicted octanol–water partition coefficient (Wildman–Crippen LogP) is 7.32. The molecular formula is C28H28. The monoisotopic (exact) mass is 364 g/mol. The highest BCUT2D eigenvalue weighted by atomic mass is 14.4. The van der Waals surface area contributed by atoms with Crippen LogP contribution in [-0.4, -0.2) is 0 Å². The van der Waals surface area contributed by atoms with Gasteiger partial charge in [0.1, 0.15) is 0 Å². The van der Waals surface area contributed by atoms with Gasteiger partial charge in [0.05, 0.1) is 5.41 Å². The van der Waals surface area contributed by atoms with Crippen LogP contribution in [0.4, 0.5) is 0 Å². The van der Waals surface area contributed by atoms with Gasteiger partial charge in [0.25, 0.3) is 0 Å². The van der Waals surface area contributed by atoms with Gasteiger partial charge in [-0.25, -0.2) is 0 Å². The van der Waals surface area contributed by atoms with E-state index in [0.717, 1.165) is 6.42 Å². The summed E-state index contributed by atoms with van der Waals surface area (Å²) in [5.74, 6) is 0.595. The molecule has 0 heterocycles. The summed E-state index contributed by atoms with van der Waals surface area (Å²) in [7, 11) is 0. The van der Waals surface area contributed by atoms with Gasteiger partial charge in [0, 0.05) is 0 Å². The minimum atomic E-state index is -0.268. The van der Waals surface area contributed by atoms with Crippen molar-refractivity contribution >= 4 is 0 Å². The van der Waals surface area contributed by atoms with E-state index in [1.165, 1.54) is 34.3 Å². The lowest BCUT2D eigenvalue weighted by molar-refractivity contribution is 0.670. The molecule has 0 spiro atoms. The van der Waals surface area contributed by atoms with E-state index in [2.05, 4.69) is 117 Å². The predicted molar refractivity (Wildman–Crippen MR) is 119 cm³/mol. The van der Waals surface area contributed by atoms with E-state index >= 15 is 0 Å². The Morgan fingerprint density at radius 1 is 0.714 bits per heavy atom. The molecule has 0 amide bonds. The Bertz CT molecular complexity index is 866. The van der Waals surface area contributed by atoms with Crippen molar-refractivity contribution in [3.8, 4) is 0 Å². The first kappa shape index (κ1) is 18.5. The van der Waals surface area contributed by atoms with Gasteiger partial charge >= 0.3 is 0 Å². The summed E-state index contributed by atoms with van der Waals surface area (Å²) in [6, 6.07) is 33.0. The van der Waals surface area contributed by atoms with Crippen molar-refractivity contribution in [3.05, 3.63) is 131 Å². The Labute approximate surface area is 169 Å². The van der Waals surface area contributed by atoms with Gasteiger partial charge in [-0.2, -0.15) is 0 Å². The van der Waals surface area contributed by atoms with Gasteiger partial charge in [-0.1, -0.05) is 117 Å². The van der Waals surface area contributed by atoms with E-state index < -0.39 is 0 Å². The third-order valence-electron chi connectivity index (χ3n) is 6.18. The molecule has 0 saturated carbocycles. The van der Waals surface area contributed by atoms with Crippen LogP contribution in [0.25, 0.3) is 0 Å². The van der Waals surface area contributed by atoms with Crippen molar-refractivity contribution in [2.45, 2.75) is 32.1 Å². The summed E-state index contributed by atoms with van der Waals surface area (Å²) in [5.41, 5.74) is 6.67. The maximum Gasteiger partial charge on any atom is 0.0667 e. The van der Waals surface area contributed by atoms with Crippen LogP contribution in [0.2, 0.25) is 0 Å². The number of hydrogen-bond donors (Lipinski definition) is 0. The van der Waals surface area contributed by atoms with Crippen molar-refractivity contribution in [2.24, 2.45) is 5.92 Å². The third-order valence-corrected chi connectivity index (χ3v) is 6.18. The largest absolute Gasteiger partial charge is 0.0769 e. The molecule has 0 heteroatoms. The van der Waals surface area contributed by atoms with Crippen molar-refractivity contribution in [1.82, 2.24) is 0 Å². The molecule has 1 aliphatic rings. The molecule has 0 bridgehead atoms. The van der Waals surface area contributed by atoms with Crippen LogP contribution in [0.3, 0.4) is 0 Å². The van der Waals surface area contributed by atoms with Gasteiger partial charge in [0.2, 0.25) is 0 Å². The molecule has 140 valence electrons. The molecule has 0 N–H and O–H groups in total. The number of benzene rings is 3. The van der Waals surface area contributed by atoms with Crippen LogP contribution in [0, 0.1) is 5.92 Å². The topological polar surface area (TPSA) is 0 Å². The van der Waals surface area contributed by atoms with Crippen molar-refractivity contribution in [3.63, 3.8) is 0 Å². The summed E-state index contributed by atoms with van der Waals surface area (Å²) in [6.45, 7) is 4.61. The normalized spacial score (nSPS) is 15.1. The maximum atomic E-state index is 2.47. The highest BCUT2D eigenvalue weighted by Gasteiger charge is 2.40. The zero-order valence-corrected chi connectivity index (χ0v) is 16.8. The van der Waals surface area contributed by atoms with Gasteiger partial charge in [-0.15, -0.1) is 0 Å². The molecule has 28 heavy (non-hydrogen) atoms. The molecule has 0 aromatic heterocycles. The number of allylic oxidation sites excluding steroid dienone is 4. The Hall–Kier alpha value is -2.86. The maximum absolute atomic E-state index is 2.47. The molecule has 4 rings (SSSR count). The fourth-order valence-corrected chi connectivity index (χ4v) is 4.51. The number of rotatable bonds is 6. The van der Waals surface area contributed by atoms with Crippen LogP contribution in [-0.2, 0) is 5.41 Å². The standard InChI is InChI=1S/C28H28/c1-3-22(2)23-19-20-27(21-23)28(24-13-7-4-8-14-24,25-15-9-5-10-16-25)26-17-11-6-12-18-26/h4-19,21-22H,3,20H2,1-2H3. The summed E-state index contributed by atoms with van der Waals surface area (Å²) < 4.78 is 0. The third kappa shape index (κ3) is 3.14. The van der Waals surface area contributed by atoms with E-state index in [1.807, 2.05) is 0 Å². The summed E-state index contributed by atoms with van der Waals surface area (Å²) >= 11 is 0. The molecule has 1 aliphatic carbocycles. The second kappa shape index (κ2) is 8.02. The quantitative estimate of drug-likeness (QED) is 0.402. The van der Waals surface area contributed by atoms with E-state index in [-0.39, 0.29) is 5.41 Å². The van der Waals surface area contributed by atoms with Crippen LogP contribution < -0.4 is 0 Å². The number of hydrogen-bond acceptors (Lipinski definition) is 0. The van der Waals surface area contributed by atoms with Gasteiger partial charge in [-0.3, -0.25) is 0 Å². The molecule has 3 aromatic carbocycles. The summed E-state index contributed by atoms with van der Waals surface area (Å²) in [6.07, 6.45) is 7.08. The van der Waals surface area contributed by atoms with Crippen molar-refractivity contribution < 1.29 is 0 Å². The van der Waals surface area contributed by atoms with E-state index in [4.69, 9.17) is 0 Å². The van der Waals surface area contributed by atoms with Gasteiger partial charge in [0.15, 0.2) is 0 Å². The van der Waals surface area contributed by atoms with Gasteiger partial charge < -0.3 is 0 Å². The van der Waals surface area contributed by atoms with Crippen LogP contribution >= 0.6 is 0 Å². The minimum Gasteiger partial charge on any atom is -0.0769 e. The first-order valence-electron chi connectivity index (χ1n) is 10.3. The summed E-state index contributed by atoms with van der Waals surface area (Å²) in [5, 5.41) is 0. The molecule has 0 saturated heterocycles. The van der Waals surface area contributed by atoms with Crippen LogP contribution in [0.5, 0.6) is 0 Å². The van der Waals surface area contributed by atoms with Gasteiger partial charge in [-0.05, 0) is 46.6 Å². The first-order chi connectivity index (χ1) is 13.8. The SMILES string of the molecule is CCC(C)C1=CCC(C(c2ccccc2)(c2ccccc2)c2ccccc2)=C1.